The summed E-state index contributed by atoms with van der Waals surface area (Å²) >= 11 is 2.88. The maximum absolute atomic E-state index is 13.6. The molecule has 0 aliphatic heterocycles. The second-order valence-electron chi connectivity index (χ2n) is 4.58. The lowest BCUT2D eigenvalue weighted by molar-refractivity contribution is -0.138. The molecule has 21 heavy (non-hydrogen) atoms. The Bertz CT molecular complexity index is 640. The van der Waals surface area contributed by atoms with Gasteiger partial charge in [-0.25, -0.2) is 4.39 Å². The Kier molecular flexibility index (Phi) is 4.56. The van der Waals surface area contributed by atoms with E-state index in [1.54, 1.807) is 25.1 Å². The largest absolute Gasteiger partial charge is 0.417 e. The van der Waals surface area contributed by atoms with Crippen LogP contribution >= 0.6 is 15.9 Å². The topological polar surface area (TPSA) is 12.0 Å². The molecule has 0 saturated heterocycles. The van der Waals surface area contributed by atoms with E-state index in [-0.39, 0.29) is 10.2 Å². The summed E-state index contributed by atoms with van der Waals surface area (Å²) in [6, 6.07) is 9.53. The maximum Gasteiger partial charge on any atom is 0.417 e. The number of alkyl halides is 3. The standard InChI is InChI=1S/C15H12BrF4N/c1-9(11-4-2-3-5-14(11)17)21-10-6-7-13(16)12(8-10)15(18,19)20/h2-9,21H,1H3. The summed E-state index contributed by atoms with van der Waals surface area (Å²) in [7, 11) is 0. The fourth-order valence-electron chi connectivity index (χ4n) is 1.99. The van der Waals surface area contributed by atoms with Crippen molar-refractivity contribution in [3.8, 4) is 0 Å². The van der Waals surface area contributed by atoms with Gasteiger partial charge in [-0.3, -0.25) is 0 Å². The van der Waals surface area contributed by atoms with E-state index in [9.17, 15) is 17.6 Å². The van der Waals surface area contributed by atoms with Crippen molar-refractivity contribution in [1.29, 1.82) is 0 Å². The second-order valence-corrected chi connectivity index (χ2v) is 5.43. The zero-order valence-corrected chi connectivity index (χ0v) is 12.6. The molecular weight excluding hydrogens is 350 g/mol. The molecule has 0 aliphatic rings. The van der Waals surface area contributed by atoms with Gasteiger partial charge in [0.1, 0.15) is 5.82 Å². The lowest BCUT2D eigenvalue weighted by Crippen LogP contribution is -2.11. The lowest BCUT2D eigenvalue weighted by atomic mass is 10.1. The Morgan fingerprint density at radius 1 is 1.10 bits per heavy atom. The SMILES string of the molecule is CC(Nc1ccc(Br)c(C(F)(F)F)c1)c1ccccc1F. The van der Waals surface area contributed by atoms with Crippen molar-refractivity contribution >= 4 is 21.6 Å². The molecular formula is C15H12BrF4N. The van der Waals surface area contributed by atoms with E-state index in [1.807, 2.05) is 0 Å². The Labute approximate surface area is 128 Å². The fourth-order valence-corrected chi connectivity index (χ4v) is 2.46. The summed E-state index contributed by atoms with van der Waals surface area (Å²) in [5, 5.41) is 2.88. The van der Waals surface area contributed by atoms with E-state index in [0.717, 1.165) is 6.07 Å². The second kappa shape index (κ2) is 6.05. The van der Waals surface area contributed by atoms with Crippen molar-refractivity contribution in [3.05, 3.63) is 63.9 Å². The van der Waals surface area contributed by atoms with Gasteiger partial charge in [-0.05, 0) is 31.2 Å². The van der Waals surface area contributed by atoms with Crippen molar-refractivity contribution < 1.29 is 17.6 Å². The highest BCUT2D eigenvalue weighted by Crippen LogP contribution is 2.37. The van der Waals surface area contributed by atoms with Crippen LogP contribution in [0.2, 0.25) is 0 Å². The van der Waals surface area contributed by atoms with Crippen LogP contribution in [-0.4, -0.2) is 0 Å². The van der Waals surface area contributed by atoms with Gasteiger partial charge in [0.05, 0.1) is 11.6 Å². The maximum atomic E-state index is 13.6. The van der Waals surface area contributed by atoms with Crippen LogP contribution < -0.4 is 5.32 Å². The first-order valence-corrected chi connectivity index (χ1v) is 6.96. The van der Waals surface area contributed by atoms with Crippen molar-refractivity contribution in [2.75, 3.05) is 5.32 Å². The van der Waals surface area contributed by atoms with E-state index in [0.29, 0.717) is 5.56 Å². The predicted molar refractivity (Wildman–Crippen MR) is 77.6 cm³/mol. The summed E-state index contributed by atoms with van der Waals surface area (Å²) in [5.74, 6) is -0.398. The van der Waals surface area contributed by atoms with Crippen LogP contribution in [0.5, 0.6) is 0 Å². The van der Waals surface area contributed by atoms with Gasteiger partial charge < -0.3 is 5.32 Å². The first kappa shape index (κ1) is 15.8. The average molecular weight is 362 g/mol. The quantitative estimate of drug-likeness (QED) is 0.683. The number of hydrogen-bond acceptors (Lipinski definition) is 1. The van der Waals surface area contributed by atoms with Crippen LogP contribution in [0.1, 0.15) is 24.1 Å². The highest BCUT2D eigenvalue weighted by molar-refractivity contribution is 9.10. The van der Waals surface area contributed by atoms with Gasteiger partial charge in [0.15, 0.2) is 0 Å². The van der Waals surface area contributed by atoms with Gasteiger partial charge in [0.2, 0.25) is 0 Å². The van der Waals surface area contributed by atoms with E-state index in [2.05, 4.69) is 21.2 Å². The Morgan fingerprint density at radius 2 is 1.76 bits per heavy atom. The number of anilines is 1. The van der Waals surface area contributed by atoms with Crippen LogP contribution in [0.3, 0.4) is 0 Å². The first-order valence-electron chi connectivity index (χ1n) is 6.16. The predicted octanol–water partition coefficient (Wildman–Crippen LogP) is 5.78. The third-order valence-corrected chi connectivity index (χ3v) is 3.72. The zero-order chi connectivity index (χ0) is 15.6. The van der Waals surface area contributed by atoms with E-state index in [4.69, 9.17) is 0 Å². The molecule has 1 N–H and O–H groups in total. The van der Waals surface area contributed by atoms with Gasteiger partial charge in [-0.2, -0.15) is 13.2 Å². The first-order chi connectivity index (χ1) is 9.79. The van der Waals surface area contributed by atoms with Crippen LogP contribution in [0.4, 0.5) is 23.2 Å². The monoisotopic (exact) mass is 361 g/mol. The number of hydrogen-bond donors (Lipinski definition) is 1. The van der Waals surface area contributed by atoms with Crippen LogP contribution in [-0.2, 0) is 6.18 Å². The van der Waals surface area contributed by atoms with Crippen LogP contribution in [0, 0.1) is 5.82 Å². The molecule has 0 amide bonds. The minimum atomic E-state index is -4.45. The van der Waals surface area contributed by atoms with Crippen molar-refractivity contribution in [2.45, 2.75) is 19.1 Å². The fraction of sp³-hybridized carbons (Fsp3) is 0.200. The molecule has 0 radical (unpaired) electrons. The molecule has 6 heteroatoms. The molecule has 0 saturated carbocycles. The molecule has 1 unspecified atom stereocenters. The van der Waals surface area contributed by atoms with Gasteiger partial charge >= 0.3 is 6.18 Å². The molecule has 0 heterocycles. The van der Waals surface area contributed by atoms with E-state index in [1.165, 1.54) is 18.2 Å². The lowest BCUT2D eigenvalue weighted by Gasteiger charge is -2.18. The Balaban J connectivity index is 2.26. The summed E-state index contributed by atoms with van der Waals surface area (Å²) in [5.41, 5.74) is -0.0940. The molecule has 0 fully saturated rings. The normalized spacial score (nSPS) is 13.0. The molecule has 0 aromatic heterocycles. The van der Waals surface area contributed by atoms with Crippen molar-refractivity contribution in [3.63, 3.8) is 0 Å². The van der Waals surface area contributed by atoms with Gasteiger partial charge in [0, 0.05) is 15.7 Å². The van der Waals surface area contributed by atoms with Crippen LogP contribution in [0.25, 0.3) is 0 Å². The Morgan fingerprint density at radius 3 is 2.38 bits per heavy atom. The molecule has 0 bridgehead atoms. The summed E-state index contributed by atoms with van der Waals surface area (Å²) in [6.07, 6.45) is -4.45. The number of rotatable bonds is 3. The molecule has 1 nitrogen and oxygen atoms in total. The third kappa shape index (κ3) is 3.75. The molecule has 2 aromatic carbocycles. The summed E-state index contributed by atoms with van der Waals surface area (Å²) < 4.78 is 52.1. The number of benzene rings is 2. The number of nitrogens with one attached hydrogen (secondary N) is 1. The molecule has 2 aromatic rings. The van der Waals surface area contributed by atoms with Gasteiger partial charge in [-0.1, -0.05) is 34.1 Å². The van der Waals surface area contributed by atoms with Gasteiger partial charge in [-0.15, -0.1) is 0 Å². The van der Waals surface area contributed by atoms with Crippen LogP contribution in [0.15, 0.2) is 46.9 Å². The minimum Gasteiger partial charge on any atom is -0.378 e. The molecule has 0 spiro atoms. The molecule has 2 rings (SSSR count). The smallest absolute Gasteiger partial charge is 0.378 e. The van der Waals surface area contributed by atoms with Gasteiger partial charge in [0.25, 0.3) is 0 Å². The third-order valence-electron chi connectivity index (χ3n) is 3.03. The Hall–Kier alpha value is -1.56. The highest BCUT2D eigenvalue weighted by atomic mass is 79.9. The number of halogens is 5. The van der Waals surface area contributed by atoms with E-state index >= 15 is 0 Å². The average Bonchev–Trinajstić information content (AvgIpc) is 2.40. The summed E-state index contributed by atoms with van der Waals surface area (Å²) in [4.78, 5) is 0. The molecule has 1 atom stereocenters. The molecule has 112 valence electrons. The van der Waals surface area contributed by atoms with E-state index < -0.39 is 23.6 Å². The highest BCUT2D eigenvalue weighted by Gasteiger charge is 2.33. The minimum absolute atomic E-state index is 0.0286. The van der Waals surface area contributed by atoms with Crippen molar-refractivity contribution in [2.24, 2.45) is 0 Å². The molecule has 0 aliphatic carbocycles. The summed E-state index contributed by atoms with van der Waals surface area (Å²) in [6.45, 7) is 1.69. The van der Waals surface area contributed by atoms with Crippen molar-refractivity contribution in [1.82, 2.24) is 0 Å². The zero-order valence-electron chi connectivity index (χ0n) is 11.0.